The second-order valence-corrected chi connectivity index (χ2v) is 7.24. The molecule has 0 spiro atoms. The van der Waals surface area contributed by atoms with Gasteiger partial charge in [0.15, 0.2) is 0 Å². The van der Waals surface area contributed by atoms with Crippen molar-refractivity contribution in [1.82, 2.24) is 0 Å². The van der Waals surface area contributed by atoms with Gasteiger partial charge in [-0.25, -0.2) is 0 Å². The summed E-state index contributed by atoms with van der Waals surface area (Å²) in [5.41, 5.74) is 2.36. The van der Waals surface area contributed by atoms with Gasteiger partial charge >= 0.3 is 0 Å². The molecule has 0 heterocycles. The molecule has 3 nitrogen and oxygen atoms in total. The van der Waals surface area contributed by atoms with Crippen LogP contribution in [0.15, 0.2) is 78.9 Å². The van der Waals surface area contributed by atoms with Crippen LogP contribution in [0.2, 0.25) is 0 Å². The van der Waals surface area contributed by atoms with Crippen LogP contribution in [0.4, 0.5) is 5.69 Å². The fourth-order valence-electron chi connectivity index (χ4n) is 3.31. The Balaban J connectivity index is 2.00. The van der Waals surface area contributed by atoms with Crippen LogP contribution >= 0.6 is 0 Å². The van der Waals surface area contributed by atoms with Gasteiger partial charge in [0.1, 0.15) is 11.4 Å². The second kappa shape index (κ2) is 8.94. The first-order valence-corrected chi connectivity index (χ1v) is 9.84. The Morgan fingerprint density at radius 2 is 1.32 bits per heavy atom. The van der Waals surface area contributed by atoms with Crippen LogP contribution in [0, 0.1) is 0 Å². The molecular formula is C25H29NO2. The molecule has 0 aromatic heterocycles. The van der Waals surface area contributed by atoms with E-state index >= 15 is 0 Å². The zero-order valence-corrected chi connectivity index (χ0v) is 16.9. The molecule has 146 valence electrons. The fraction of sp³-hybridized carbons (Fsp3) is 0.280. The van der Waals surface area contributed by atoms with Crippen LogP contribution in [-0.2, 0) is 5.60 Å². The molecule has 0 aliphatic carbocycles. The van der Waals surface area contributed by atoms with Crippen molar-refractivity contribution < 1.29 is 9.84 Å². The number of nitrogens with zero attached hydrogens (tertiary/aromatic N) is 1. The number of aliphatic hydroxyl groups is 1. The molecule has 0 saturated heterocycles. The summed E-state index contributed by atoms with van der Waals surface area (Å²) in [5, 5.41) is 11.9. The Morgan fingerprint density at radius 3 is 1.86 bits per heavy atom. The molecule has 0 bridgehead atoms. The first-order valence-electron chi connectivity index (χ1n) is 9.84. The molecular weight excluding hydrogens is 346 g/mol. The summed E-state index contributed by atoms with van der Waals surface area (Å²) in [6.07, 6.45) is 2.14. The summed E-state index contributed by atoms with van der Waals surface area (Å²) >= 11 is 0. The summed E-state index contributed by atoms with van der Waals surface area (Å²) < 4.78 is 5.78. The zero-order valence-electron chi connectivity index (χ0n) is 16.9. The lowest BCUT2D eigenvalue weighted by Crippen LogP contribution is -2.28. The maximum absolute atomic E-state index is 11.9. The largest absolute Gasteiger partial charge is 0.494 e. The minimum Gasteiger partial charge on any atom is -0.494 e. The molecule has 28 heavy (non-hydrogen) atoms. The van der Waals surface area contributed by atoms with Crippen molar-refractivity contribution in [2.24, 2.45) is 0 Å². The number of unbranched alkanes of at least 4 members (excludes halogenated alkanes) is 1. The quantitative estimate of drug-likeness (QED) is 0.433. The number of hydrogen-bond acceptors (Lipinski definition) is 3. The van der Waals surface area contributed by atoms with Crippen molar-refractivity contribution in [3.05, 3.63) is 95.6 Å². The van der Waals surface area contributed by atoms with Gasteiger partial charge in [-0.3, -0.25) is 0 Å². The van der Waals surface area contributed by atoms with Crippen molar-refractivity contribution in [2.75, 3.05) is 25.6 Å². The third-order valence-corrected chi connectivity index (χ3v) is 5.03. The van der Waals surface area contributed by atoms with E-state index in [0.717, 1.165) is 41.0 Å². The van der Waals surface area contributed by atoms with Crippen LogP contribution in [0.1, 0.15) is 36.5 Å². The van der Waals surface area contributed by atoms with Gasteiger partial charge in [-0.1, -0.05) is 67.9 Å². The van der Waals surface area contributed by atoms with Crippen LogP contribution in [0.25, 0.3) is 0 Å². The minimum absolute atomic E-state index is 0.713. The Kier molecular flexibility index (Phi) is 6.37. The van der Waals surface area contributed by atoms with E-state index in [2.05, 4.69) is 6.92 Å². The molecule has 0 fully saturated rings. The SMILES string of the molecule is CCCCOc1ccc(C(O)(c2ccccc2)c2ccc(N(C)C)cc2)cc1. The highest BCUT2D eigenvalue weighted by Gasteiger charge is 2.33. The Labute approximate surface area is 168 Å². The molecule has 3 aromatic carbocycles. The normalized spacial score (nSPS) is 13.0. The summed E-state index contributed by atoms with van der Waals surface area (Å²) in [6, 6.07) is 25.6. The molecule has 0 aliphatic heterocycles. The maximum Gasteiger partial charge on any atom is 0.140 e. The summed E-state index contributed by atoms with van der Waals surface area (Å²) in [7, 11) is 4.02. The van der Waals surface area contributed by atoms with Crippen LogP contribution in [-0.4, -0.2) is 25.8 Å². The molecule has 0 radical (unpaired) electrons. The second-order valence-electron chi connectivity index (χ2n) is 7.24. The predicted molar refractivity (Wildman–Crippen MR) is 116 cm³/mol. The van der Waals surface area contributed by atoms with Gasteiger partial charge in [0, 0.05) is 19.8 Å². The monoisotopic (exact) mass is 375 g/mol. The number of hydrogen-bond donors (Lipinski definition) is 1. The summed E-state index contributed by atoms with van der Waals surface area (Å²) in [5.74, 6) is 0.829. The van der Waals surface area contributed by atoms with Crippen molar-refractivity contribution in [1.29, 1.82) is 0 Å². The van der Waals surface area contributed by atoms with E-state index in [1.54, 1.807) is 0 Å². The topological polar surface area (TPSA) is 32.7 Å². The van der Waals surface area contributed by atoms with Gasteiger partial charge in [0.25, 0.3) is 0 Å². The molecule has 1 unspecified atom stereocenters. The van der Waals surface area contributed by atoms with Gasteiger partial charge in [-0.2, -0.15) is 0 Å². The third kappa shape index (κ3) is 4.20. The highest BCUT2D eigenvalue weighted by atomic mass is 16.5. The number of rotatable bonds is 8. The van der Waals surface area contributed by atoms with Gasteiger partial charge in [-0.15, -0.1) is 0 Å². The van der Waals surface area contributed by atoms with Crippen LogP contribution in [0.5, 0.6) is 5.75 Å². The molecule has 0 saturated carbocycles. The van der Waals surface area contributed by atoms with E-state index < -0.39 is 5.60 Å². The molecule has 3 aromatic rings. The lowest BCUT2D eigenvalue weighted by molar-refractivity contribution is 0.125. The Bertz CT molecular complexity index is 857. The van der Waals surface area contributed by atoms with Crippen molar-refractivity contribution in [3.8, 4) is 5.75 Å². The van der Waals surface area contributed by atoms with Gasteiger partial charge < -0.3 is 14.7 Å². The highest BCUT2D eigenvalue weighted by Crippen LogP contribution is 2.37. The predicted octanol–water partition coefficient (Wildman–Crippen LogP) is 5.22. The summed E-state index contributed by atoms with van der Waals surface area (Å²) in [6.45, 7) is 2.86. The third-order valence-electron chi connectivity index (χ3n) is 5.03. The van der Waals surface area contributed by atoms with Gasteiger partial charge in [0.05, 0.1) is 6.61 Å². The first kappa shape index (κ1) is 20.0. The highest BCUT2D eigenvalue weighted by molar-refractivity contribution is 5.53. The lowest BCUT2D eigenvalue weighted by Gasteiger charge is -2.30. The van der Waals surface area contributed by atoms with Crippen molar-refractivity contribution in [3.63, 3.8) is 0 Å². The van der Waals surface area contributed by atoms with E-state index in [1.165, 1.54) is 0 Å². The molecule has 3 heteroatoms. The van der Waals surface area contributed by atoms with Gasteiger partial charge in [-0.05, 0) is 47.4 Å². The minimum atomic E-state index is -1.23. The zero-order chi connectivity index (χ0) is 20.0. The first-order chi connectivity index (χ1) is 13.6. The smallest absolute Gasteiger partial charge is 0.140 e. The van der Waals surface area contributed by atoms with E-state index in [9.17, 15) is 5.11 Å². The van der Waals surface area contributed by atoms with Crippen LogP contribution < -0.4 is 9.64 Å². The van der Waals surface area contributed by atoms with Crippen LogP contribution in [0.3, 0.4) is 0 Å². The lowest BCUT2D eigenvalue weighted by atomic mass is 9.80. The number of ether oxygens (including phenoxy) is 1. The van der Waals surface area contributed by atoms with E-state index in [1.807, 2.05) is 97.9 Å². The van der Waals surface area contributed by atoms with E-state index in [0.29, 0.717) is 6.61 Å². The van der Waals surface area contributed by atoms with Crippen molar-refractivity contribution >= 4 is 5.69 Å². The molecule has 1 atom stereocenters. The maximum atomic E-state index is 11.9. The molecule has 1 N–H and O–H groups in total. The molecule has 3 rings (SSSR count). The number of benzene rings is 3. The van der Waals surface area contributed by atoms with E-state index in [4.69, 9.17) is 4.74 Å². The van der Waals surface area contributed by atoms with Gasteiger partial charge in [0.2, 0.25) is 0 Å². The standard InChI is InChI=1S/C25H29NO2/c1-4-5-19-28-24-17-13-22(14-18-24)25(27,20-9-7-6-8-10-20)21-11-15-23(16-12-21)26(2)3/h6-18,27H,4-5,19H2,1-3H3. The number of anilines is 1. The Morgan fingerprint density at radius 1 is 0.786 bits per heavy atom. The fourth-order valence-corrected chi connectivity index (χ4v) is 3.31. The average molecular weight is 376 g/mol. The Hall–Kier alpha value is -2.78. The van der Waals surface area contributed by atoms with Crippen molar-refractivity contribution in [2.45, 2.75) is 25.4 Å². The molecule has 0 aliphatic rings. The summed E-state index contributed by atoms with van der Waals surface area (Å²) in [4.78, 5) is 2.05. The van der Waals surface area contributed by atoms with E-state index in [-0.39, 0.29) is 0 Å². The molecule has 0 amide bonds. The average Bonchev–Trinajstić information content (AvgIpc) is 2.74.